The highest BCUT2D eigenvalue weighted by atomic mass is 79.9. The summed E-state index contributed by atoms with van der Waals surface area (Å²) in [7, 11) is 0. The van der Waals surface area contributed by atoms with Crippen LogP contribution in [0.2, 0.25) is 0 Å². The summed E-state index contributed by atoms with van der Waals surface area (Å²) in [6, 6.07) is 5.62. The summed E-state index contributed by atoms with van der Waals surface area (Å²) < 4.78 is 0.952. The van der Waals surface area contributed by atoms with Gasteiger partial charge in [0.2, 0.25) is 0 Å². The predicted octanol–water partition coefficient (Wildman–Crippen LogP) is 3.75. The second-order valence-corrected chi connectivity index (χ2v) is 6.23. The monoisotopic (exact) mass is 338 g/mol. The molecule has 2 rings (SSSR count). The van der Waals surface area contributed by atoms with Crippen LogP contribution in [-0.2, 0) is 0 Å². The molecule has 3 nitrogen and oxygen atoms in total. The molecule has 1 amide bonds. The molecule has 2 aromatic rings. The molecule has 1 aromatic carbocycles. The standard InChI is InChI=1S/C14H15BrN2OS/c1-9-3-4-11(7-12(9)15)13(18)17-8-10(2)14-16-5-6-19-14/h3-7,10H,8H2,1-2H3,(H,17,18). The molecule has 19 heavy (non-hydrogen) atoms. The number of aromatic nitrogens is 1. The molecule has 5 heteroatoms. The van der Waals surface area contributed by atoms with Gasteiger partial charge >= 0.3 is 0 Å². The van der Waals surface area contributed by atoms with Gasteiger partial charge in [0.1, 0.15) is 0 Å². The van der Waals surface area contributed by atoms with Crippen LogP contribution in [0.25, 0.3) is 0 Å². The summed E-state index contributed by atoms with van der Waals surface area (Å²) >= 11 is 5.05. The lowest BCUT2D eigenvalue weighted by Crippen LogP contribution is -2.27. The molecular weight excluding hydrogens is 324 g/mol. The van der Waals surface area contributed by atoms with E-state index < -0.39 is 0 Å². The fourth-order valence-corrected chi connectivity index (χ4v) is 2.72. The number of amides is 1. The number of carbonyl (C=O) groups is 1. The maximum atomic E-state index is 12.0. The minimum absolute atomic E-state index is 0.0518. The van der Waals surface area contributed by atoms with Crippen molar-refractivity contribution in [3.63, 3.8) is 0 Å². The summed E-state index contributed by atoms with van der Waals surface area (Å²) in [4.78, 5) is 16.3. The fraction of sp³-hybridized carbons (Fsp3) is 0.286. The van der Waals surface area contributed by atoms with Crippen molar-refractivity contribution in [1.29, 1.82) is 0 Å². The van der Waals surface area contributed by atoms with Crippen LogP contribution in [0.3, 0.4) is 0 Å². The molecule has 1 atom stereocenters. The van der Waals surface area contributed by atoms with Crippen molar-refractivity contribution in [2.24, 2.45) is 0 Å². The molecule has 0 aliphatic heterocycles. The molecule has 0 aliphatic carbocycles. The summed E-state index contributed by atoms with van der Waals surface area (Å²) in [5.74, 6) is 0.182. The molecule has 0 spiro atoms. The number of benzene rings is 1. The van der Waals surface area contributed by atoms with Gasteiger partial charge in [-0.1, -0.05) is 28.9 Å². The van der Waals surface area contributed by atoms with Crippen molar-refractivity contribution in [1.82, 2.24) is 10.3 Å². The lowest BCUT2D eigenvalue weighted by atomic mass is 10.1. The number of hydrogen-bond donors (Lipinski definition) is 1. The second-order valence-electron chi connectivity index (χ2n) is 4.45. The largest absolute Gasteiger partial charge is 0.351 e. The molecular formula is C14H15BrN2OS. The third kappa shape index (κ3) is 3.64. The van der Waals surface area contributed by atoms with E-state index >= 15 is 0 Å². The second kappa shape index (κ2) is 6.30. The molecule has 0 aliphatic rings. The summed E-state index contributed by atoms with van der Waals surface area (Å²) in [5.41, 5.74) is 1.79. The molecule has 0 fully saturated rings. The van der Waals surface area contributed by atoms with E-state index in [1.54, 1.807) is 17.5 Å². The number of aryl methyl sites for hydroxylation is 1. The first-order chi connectivity index (χ1) is 9.08. The molecule has 0 saturated heterocycles. The molecule has 100 valence electrons. The van der Waals surface area contributed by atoms with Crippen LogP contribution in [-0.4, -0.2) is 17.4 Å². The highest BCUT2D eigenvalue weighted by molar-refractivity contribution is 9.10. The maximum absolute atomic E-state index is 12.0. The number of halogens is 1. The van der Waals surface area contributed by atoms with Gasteiger partial charge in [-0.15, -0.1) is 11.3 Å². The molecule has 1 unspecified atom stereocenters. The molecule has 1 N–H and O–H groups in total. The quantitative estimate of drug-likeness (QED) is 0.922. The molecule has 1 heterocycles. The highest BCUT2D eigenvalue weighted by Gasteiger charge is 2.11. The normalized spacial score (nSPS) is 12.2. The van der Waals surface area contributed by atoms with E-state index in [9.17, 15) is 4.79 Å². The highest BCUT2D eigenvalue weighted by Crippen LogP contribution is 2.18. The number of rotatable bonds is 4. The number of nitrogens with zero attached hydrogens (tertiary/aromatic N) is 1. The molecule has 0 radical (unpaired) electrons. The van der Waals surface area contributed by atoms with Crippen LogP contribution in [0, 0.1) is 6.92 Å². The van der Waals surface area contributed by atoms with Crippen LogP contribution in [0.5, 0.6) is 0 Å². The first-order valence-electron chi connectivity index (χ1n) is 6.01. The Bertz CT molecular complexity index is 569. The van der Waals surface area contributed by atoms with Crippen molar-refractivity contribution in [2.75, 3.05) is 6.54 Å². The number of carbonyl (C=O) groups excluding carboxylic acids is 1. The first kappa shape index (κ1) is 14.2. The smallest absolute Gasteiger partial charge is 0.251 e. The van der Waals surface area contributed by atoms with Crippen LogP contribution in [0.1, 0.15) is 33.8 Å². The zero-order valence-corrected chi connectivity index (χ0v) is 13.2. The Hall–Kier alpha value is -1.20. The van der Waals surface area contributed by atoms with E-state index in [-0.39, 0.29) is 11.8 Å². The predicted molar refractivity (Wildman–Crippen MR) is 81.7 cm³/mol. The van der Waals surface area contributed by atoms with Crippen molar-refractivity contribution in [2.45, 2.75) is 19.8 Å². The molecule has 0 saturated carbocycles. The van der Waals surface area contributed by atoms with Crippen molar-refractivity contribution < 1.29 is 4.79 Å². The van der Waals surface area contributed by atoms with Gasteiger partial charge in [0.25, 0.3) is 5.91 Å². The third-order valence-electron chi connectivity index (χ3n) is 2.88. The summed E-state index contributed by atoms with van der Waals surface area (Å²) in [6.07, 6.45) is 1.79. The lowest BCUT2D eigenvalue weighted by Gasteiger charge is -2.10. The lowest BCUT2D eigenvalue weighted by molar-refractivity contribution is 0.0951. The van der Waals surface area contributed by atoms with Crippen molar-refractivity contribution in [3.8, 4) is 0 Å². The van der Waals surface area contributed by atoms with Crippen LogP contribution >= 0.6 is 27.3 Å². The number of nitrogens with one attached hydrogen (secondary N) is 1. The summed E-state index contributed by atoms with van der Waals surface area (Å²) in [6.45, 7) is 4.65. The Morgan fingerprint density at radius 1 is 1.53 bits per heavy atom. The van der Waals surface area contributed by atoms with E-state index in [0.717, 1.165) is 15.0 Å². The minimum atomic E-state index is -0.0518. The fourth-order valence-electron chi connectivity index (χ4n) is 1.65. The Labute approximate surface area is 125 Å². The van der Waals surface area contributed by atoms with E-state index in [1.165, 1.54) is 0 Å². The average molecular weight is 339 g/mol. The van der Waals surface area contributed by atoms with Gasteiger partial charge in [-0.3, -0.25) is 4.79 Å². The van der Waals surface area contributed by atoms with Gasteiger partial charge in [0, 0.05) is 34.1 Å². The van der Waals surface area contributed by atoms with Gasteiger partial charge in [-0.2, -0.15) is 0 Å². The third-order valence-corrected chi connectivity index (χ3v) is 4.74. The van der Waals surface area contributed by atoms with Crippen LogP contribution < -0.4 is 5.32 Å². The van der Waals surface area contributed by atoms with Gasteiger partial charge in [-0.05, 0) is 24.6 Å². The first-order valence-corrected chi connectivity index (χ1v) is 7.69. The Morgan fingerprint density at radius 3 is 2.95 bits per heavy atom. The van der Waals surface area contributed by atoms with E-state index in [1.807, 2.05) is 30.5 Å². The number of thiazole rings is 1. The Balaban J connectivity index is 1.96. The van der Waals surface area contributed by atoms with Gasteiger partial charge in [-0.25, -0.2) is 4.98 Å². The van der Waals surface area contributed by atoms with Crippen molar-refractivity contribution >= 4 is 33.2 Å². The van der Waals surface area contributed by atoms with Gasteiger partial charge in [0.05, 0.1) is 5.01 Å². The minimum Gasteiger partial charge on any atom is -0.351 e. The molecule has 0 bridgehead atoms. The van der Waals surface area contributed by atoms with E-state index in [4.69, 9.17) is 0 Å². The zero-order chi connectivity index (χ0) is 13.8. The van der Waals surface area contributed by atoms with Crippen LogP contribution in [0.15, 0.2) is 34.2 Å². The Kier molecular flexibility index (Phi) is 4.71. The number of hydrogen-bond acceptors (Lipinski definition) is 3. The van der Waals surface area contributed by atoms with E-state index in [0.29, 0.717) is 12.1 Å². The zero-order valence-electron chi connectivity index (χ0n) is 10.8. The summed E-state index contributed by atoms with van der Waals surface area (Å²) in [5, 5.41) is 5.94. The topological polar surface area (TPSA) is 42.0 Å². The molecule has 1 aromatic heterocycles. The van der Waals surface area contributed by atoms with Crippen molar-refractivity contribution in [3.05, 3.63) is 50.4 Å². The Morgan fingerprint density at radius 2 is 2.32 bits per heavy atom. The maximum Gasteiger partial charge on any atom is 0.251 e. The van der Waals surface area contributed by atoms with Gasteiger partial charge in [0.15, 0.2) is 0 Å². The average Bonchev–Trinajstić information content (AvgIpc) is 2.92. The SMILES string of the molecule is Cc1ccc(C(=O)NCC(C)c2nccs2)cc1Br. The van der Waals surface area contributed by atoms with Crippen LogP contribution in [0.4, 0.5) is 0 Å². The van der Waals surface area contributed by atoms with E-state index in [2.05, 4.69) is 33.2 Å². The van der Waals surface area contributed by atoms with Gasteiger partial charge < -0.3 is 5.32 Å².